The van der Waals surface area contributed by atoms with E-state index < -0.39 is 0 Å². The topological polar surface area (TPSA) is 51.8 Å². The fourth-order valence-electron chi connectivity index (χ4n) is 1.68. The predicted molar refractivity (Wildman–Crippen MR) is 81.3 cm³/mol. The van der Waals surface area contributed by atoms with Crippen LogP contribution in [-0.4, -0.2) is 9.97 Å². The van der Waals surface area contributed by atoms with Gasteiger partial charge in [-0.05, 0) is 28.4 Å². The fourth-order valence-corrected chi connectivity index (χ4v) is 2.52. The number of rotatable bonds is 3. The van der Waals surface area contributed by atoms with Crippen LogP contribution in [0.1, 0.15) is 19.0 Å². The van der Waals surface area contributed by atoms with Crippen molar-refractivity contribution in [3.8, 4) is 11.4 Å². The molecule has 0 saturated heterocycles. The number of hydrogen-bond donors (Lipinski definition) is 1. The molecule has 0 amide bonds. The van der Waals surface area contributed by atoms with Gasteiger partial charge in [0.1, 0.15) is 5.82 Å². The van der Waals surface area contributed by atoms with Gasteiger partial charge in [0.2, 0.25) is 0 Å². The first-order valence-electron chi connectivity index (χ1n) is 5.70. The maximum absolute atomic E-state index is 5.93. The van der Waals surface area contributed by atoms with Gasteiger partial charge in [0, 0.05) is 10.0 Å². The van der Waals surface area contributed by atoms with Crippen molar-refractivity contribution in [2.75, 3.05) is 5.73 Å². The lowest BCUT2D eigenvalue weighted by Gasteiger charge is -2.09. The van der Waals surface area contributed by atoms with Crippen LogP contribution in [0.5, 0.6) is 0 Å². The Morgan fingerprint density at radius 2 is 1.89 bits per heavy atom. The molecule has 1 aromatic carbocycles. The third-order valence-electron chi connectivity index (χ3n) is 2.55. The molecule has 0 unspecified atom stereocenters. The Balaban J connectivity index is 2.56. The van der Waals surface area contributed by atoms with Crippen molar-refractivity contribution in [1.82, 2.24) is 9.97 Å². The van der Waals surface area contributed by atoms with E-state index in [1.54, 1.807) is 0 Å². The maximum atomic E-state index is 5.93. The number of aromatic nitrogens is 2. The second-order valence-electron chi connectivity index (χ2n) is 3.92. The van der Waals surface area contributed by atoms with Gasteiger partial charge in [-0.15, -0.1) is 0 Å². The molecule has 2 rings (SSSR count). The molecule has 0 fully saturated rings. The summed E-state index contributed by atoms with van der Waals surface area (Å²) in [6.45, 7) is 2.11. The highest BCUT2D eigenvalue weighted by Gasteiger charge is 2.12. The lowest BCUT2D eigenvalue weighted by Crippen LogP contribution is -2.03. The Kier molecular flexibility index (Phi) is 4.35. The number of anilines is 1. The molecular weight excluding hydrogens is 358 g/mol. The molecule has 94 valence electrons. The van der Waals surface area contributed by atoms with Crippen molar-refractivity contribution in [2.24, 2.45) is 0 Å². The normalized spacial score (nSPS) is 10.6. The average Bonchev–Trinajstić information content (AvgIpc) is 2.35. The minimum absolute atomic E-state index is 0.485. The number of halogens is 2. The molecule has 0 saturated carbocycles. The first-order valence-corrected chi connectivity index (χ1v) is 7.29. The van der Waals surface area contributed by atoms with E-state index in [-0.39, 0.29) is 0 Å². The zero-order valence-electron chi connectivity index (χ0n) is 9.95. The summed E-state index contributed by atoms with van der Waals surface area (Å²) < 4.78 is 1.77. The van der Waals surface area contributed by atoms with Gasteiger partial charge in [-0.25, -0.2) is 9.97 Å². The molecule has 1 heterocycles. The number of benzene rings is 1. The third-order valence-corrected chi connectivity index (χ3v) is 4.10. The Hall–Kier alpha value is -0.940. The van der Waals surface area contributed by atoms with Gasteiger partial charge in [0.15, 0.2) is 5.82 Å². The Bertz CT molecular complexity index is 570. The van der Waals surface area contributed by atoms with Crippen LogP contribution in [0.4, 0.5) is 5.82 Å². The fraction of sp³-hybridized carbons (Fsp3) is 0.231. The van der Waals surface area contributed by atoms with Crippen LogP contribution in [0.25, 0.3) is 11.4 Å². The smallest absolute Gasteiger partial charge is 0.162 e. The van der Waals surface area contributed by atoms with E-state index in [4.69, 9.17) is 5.73 Å². The number of nitrogens with two attached hydrogens (primary N) is 1. The average molecular weight is 371 g/mol. The van der Waals surface area contributed by atoms with E-state index in [1.165, 1.54) is 0 Å². The predicted octanol–water partition coefficient (Wildman–Crippen LogP) is 4.20. The third kappa shape index (κ3) is 2.72. The van der Waals surface area contributed by atoms with Crippen molar-refractivity contribution in [1.29, 1.82) is 0 Å². The Morgan fingerprint density at radius 1 is 1.17 bits per heavy atom. The molecule has 0 spiro atoms. The SMILES string of the molecule is CCCc1nc(-c2ccccc2Br)nc(N)c1Br. The lowest BCUT2D eigenvalue weighted by atomic mass is 10.2. The van der Waals surface area contributed by atoms with E-state index in [9.17, 15) is 0 Å². The van der Waals surface area contributed by atoms with Crippen LogP contribution in [0.15, 0.2) is 33.2 Å². The summed E-state index contributed by atoms with van der Waals surface area (Å²) in [6, 6.07) is 7.86. The molecule has 0 aliphatic heterocycles. The van der Waals surface area contributed by atoms with Gasteiger partial charge in [-0.1, -0.05) is 47.5 Å². The summed E-state index contributed by atoms with van der Waals surface area (Å²) in [7, 11) is 0. The molecule has 3 nitrogen and oxygen atoms in total. The molecule has 2 aromatic rings. The zero-order valence-corrected chi connectivity index (χ0v) is 13.1. The van der Waals surface area contributed by atoms with Crippen LogP contribution in [0.2, 0.25) is 0 Å². The van der Waals surface area contributed by atoms with Crippen molar-refractivity contribution < 1.29 is 0 Å². The summed E-state index contributed by atoms with van der Waals surface area (Å²) >= 11 is 6.95. The molecule has 0 aliphatic rings. The van der Waals surface area contributed by atoms with Crippen LogP contribution < -0.4 is 5.73 Å². The summed E-state index contributed by atoms with van der Waals surface area (Å²) in [5.41, 5.74) is 7.83. The van der Waals surface area contributed by atoms with Gasteiger partial charge in [0.05, 0.1) is 10.2 Å². The van der Waals surface area contributed by atoms with Gasteiger partial charge in [0.25, 0.3) is 0 Å². The number of hydrogen-bond acceptors (Lipinski definition) is 3. The van der Waals surface area contributed by atoms with Crippen LogP contribution in [0.3, 0.4) is 0 Å². The molecule has 0 atom stereocenters. The second-order valence-corrected chi connectivity index (χ2v) is 5.57. The molecule has 0 radical (unpaired) electrons. The molecular formula is C13H13Br2N3. The first kappa shape index (κ1) is 13.5. The second kappa shape index (κ2) is 5.80. The van der Waals surface area contributed by atoms with E-state index in [0.29, 0.717) is 11.6 Å². The van der Waals surface area contributed by atoms with E-state index >= 15 is 0 Å². The van der Waals surface area contributed by atoms with E-state index in [1.807, 2.05) is 24.3 Å². The van der Waals surface area contributed by atoms with Crippen molar-refractivity contribution >= 4 is 37.7 Å². The summed E-state index contributed by atoms with van der Waals surface area (Å²) in [5.74, 6) is 1.14. The molecule has 2 N–H and O–H groups in total. The molecule has 0 aliphatic carbocycles. The van der Waals surface area contributed by atoms with Gasteiger partial charge in [-0.3, -0.25) is 0 Å². The largest absolute Gasteiger partial charge is 0.383 e. The minimum atomic E-state index is 0.485. The Labute approximate surface area is 123 Å². The van der Waals surface area contributed by atoms with E-state index in [0.717, 1.165) is 33.0 Å². The van der Waals surface area contributed by atoms with Crippen LogP contribution >= 0.6 is 31.9 Å². The molecule has 5 heteroatoms. The monoisotopic (exact) mass is 369 g/mol. The first-order chi connectivity index (χ1) is 8.63. The highest BCUT2D eigenvalue weighted by Crippen LogP contribution is 2.29. The minimum Gasteiger partial charge on any atom is -0.383 e. The van der Waals surface area contributed by atoms with Crippen molar-refractivity contribution in [3.63, 3.8) is 0 Å². The number of nitrogens with zero attached hydrogens (tertiary/aromatic N) is 2. The molecule has 1 aromatic heterocycles. The Morgan fingerprint density at radius 3 is 2.56 bits per heavy atom. The van der Waals surface area contributed by atoms with Crippen LogP contribution in [-0.2, 0) is 6.42 Å². The highest BCUT2D eigenvalue weighted by molar-refractivity contribution is 9.11. The zero-order chi connectivity index (χ0) is 13.1. The quantitative estimate of drug-likeness (QED) is 0.880. The van der Waals surface area contributed by atoms with Gasteiger partial charge in [-0.2, -0.15) is 0 Å². The molecule has 0 bridgehead atoms. The standard InChI is InChI=1S/C13H13Br2N3/c1-2-5-10-11(15)12(16)18-13(17-10)8-6-3-4-7-9(8)14/h3-4,6-7H,2,5H2,1H3,(H2,16,17,18). The van der Waals surface area contributed by atoms with Gasteiger partial charge >= 0.3 is 0 Å². The maximum Gasteiger partial charge on any atom is 0.162 e. The summed E-state index contributed by atoms with van der Waals surface area (Å²) in [4.78, 5) is 8.92. The van der Waals surface area contributed by atoms with Crippen molar-refractivity contribution in [3.05, 3.63) is 38.9 Å². The van der Waals surface area contributed by atoms with E-state index in [2.05, 4.69) is 48.8 Å². The van der Waals surface area contributed by atoms with Crippen LogP contribution in [0, 0.1) is 0 Å². The number of nitrogen functional groups attached to an aromatic ring is 1. The van der Waals surface area contributed by atoms with Crippen molar-refractivity contribution in [2.45, 2.75) is 19.8 Å². The highest BCUT2D eigenvalue weighted by atomic mass is 79.9. The number of aryl methyl sites for hydroxylation is 1. The lowest BCUT2D eigenvalue weighted by molar-refractivity contribution is 0.870. The molecule has 18 heavy (non-hydrogen) atoms. The van der Waals surface area contributed by atoms with Gasteiger partial charge < -0.3 is 5.73 Å². The summed E-state index contributed by atoms with van der Waals surface area (Å²) in [5, 5.41) is 0. The summed E-state index contributed by atoms with van der Waals surface area (Å²) in [6.07, 6.45) is 1.90.